The molecule has 0 atom stereocenters. The molecule has 0 unspecified atom stereocenters. The second-order valence-corrected chi connectivity index (χ2v) is 10.1. The van der Waals surface area contributed by atoms with Crippen LogP contribution in [0.5, 0.6) is 0 Å². The van der Waals surface area contributed by atoms with Gasteiger partial charge in [-0.05, 0) is 81.7 Å². The Morgan fingerprint density at radius 2 is 1.83 bits per heavy atom. The number of nitrogens with zero attached hydrogens (tertiary/aromatic N) is 1. The molecule has 1 N–H and O–H groups in total. The number of hydrogen-bond acceptors (Lipinski definition) is 5. The van der Waals surface area contributed by atoms with Crippen molar-refractivity contribution in [3.8, 4) is 11.1 Å². The van der Waals surface area contributed by atoms with Crippen LogP contribution in [0.1, 0.15) is 73.5 Å². The molecule has 1 aliphatic rings. The number of alkyl carbamates (subject to hydrolysis) is 1. The van der Waals surface area contributed by atoms with Gasteiger partial charge in [0.25, 0.3) is 5.56 Å². The lowest BCUT2D eigenvalue weighted by Crippen LogP contribution is -2.32. The molecular weight excluding hydrogens is 463 g/mol. The highest BCUT2D eigenvalue weighted by Crippen LogP contribution is 2.44. The lowest BCUT2D eigenvalue weighted by molar-refractivity contribution is 0.0513. The molecule has 36 heavy (non-hydrogen) atoms. The van der Waals surface area contributed by atoms with E-state index in [0.29, 0.717) is 22.2 Å². The Labute approximate surface area is 209 Å². The average molecular weight is 495 g/mol. The van der Waals surface area contributed by atoms with Gasteiger partial charge in [-0.25, -0.2) is 14.0 Å². The molecule has 1 aromatic carbocycles. The van der Waals surface area contributed by atoms with E-state index in [4.69, 9.17) is 9.47 Å². The van der Waals surface area contributed by atoms with Crippen LogP contribution in [0.15, 0.2) is 41.3 Å². The van der Waals surface area contributed by atoms with Gasteiger partial charge in [0.2, 0.25) is 0 Å². The van der Waals surface area contributed by atoms with Crippen LogP contribution in [0, 0.1) is 12.7 Å². The minimum Gasteiger partial charge on any atom is -0.462 e. The lowest BCUT2D eigenvalue weighted by atomic mass is 9.95. The number of carbonyl (C=O) groups is 2. The molecule has 1 aliphatic carbocycles. The summed E-state index contributed by atoms with van der Waals surface area (Å²) in [6.45, 7) is 9.27. The number of benzene rings is 1. The highest BCUT2D eigenvalue weighted by Gasteiger charge is 2.30. The summed E-state index contributed by atoms with van der Waals surface area (Å²) in [6, 6.07) is 8.82. The van der Waals surface area contributed by atoms with Gasteiger partial charge in [-0.15, -0.1) is 0 Å². The van der Waals surface area contributed by atoms with E-state index in [1.807, 2.05) is 12.1 Å². The van der Waals surface area contributed by atoms with Crippen LogP contribution >= 0.6 is 0 Å². The van der Waals surface area contributed by atoms with Crippen LogP contribution in [0.4, 0.5) is 9.18 Å². The van der Waals surface area contributed by atoms with E-state index >= 15 is 4.39 Å². The Kier molecular flexibility index (Phi) is 6.89. The van der Waals surface area contributed by atoms with Crippen LogP contribution in [0.25, 0.3) is 16.6 Å². The number of halogens is 1. The third kappa shape index (κ3) is 5.27. The first-order valence-electron chi connectivity index (χ1n) is 12.1. The normalized spacial score (nSPS) is 13.5. The van der Waals surface area contributed by atoms with Gasteiger partial charge in [0.15, 0.2) is 0 Å². The van der Waals surface area contributed by atoms with Crippen LogP contribution < -0.4 is 10.9 Å². The molecule has 0 spiro atoms. The molecule has 8 heteroatoms. The quantitative estimate of drug-likeness (QED) is 0.458. The molecule has 0 aliphatic heterocycles. The highest BCUT2D eigenvalue weighted by molar-refractivity contribution is 5.91. The zero-order valence-corrected chi connectivity index (χ0v) is 21.2. The number of hydrogen-bond donors (Lipinski definition) is 1. The fraction of sp³-hybridized carbons (Fsp3) is 0.393. The van der Waals surface area contributed by atoms with Crippen molar-refractivity contribution in [3.63, 3.8) is 0 Å². The van der Waals surface area contributed by atoms with Gasteiger partial charge in [0.1, 0.15) is 17.0 Å². The summed E-state index contributed by atoms with van der Waals surface area (Å²) in [5.74, 6) is -1.05. The number of rotatable bonds is 6. The fourth-order valence-corrected chi connectivity index (χ4v) is 4.34. The second kappa shape index (κ2) is 9.76. The molecule has 0 bridgehead atoms. The first-order valence-corrected chi connectivity index (χ1v) is 12.1. The molecule has 1 fully saturated rings. The smallest absolute Gasteiger partial charge is 0.407 e. The third-order valence-corrected chi connectivity index (χ3v) is 6.07. The number of aromatic nitrogens is 1. The van der Waals surface area contributed by atoms with Gasteiger partial charge in [0.05, 0.1) is 12.1 Å². The summed E-state index contributed by atoms with van der Waals surface area (Å²) >= 11 is 0. The SMILES string of the molecule is CCOC(=O)c1cc(C2CC2)c2c(C)c(-c3ccc(CNC(=O)OC(C)(C)C)cc3)c(F)cn2c1=O. The molecule has 1 amide bonds. The Bertz CT molecular complexity index is 1380. The zero-order chi connectivity index (χ0) is 26.2. The summed E-state index contributed by atoms with van der Waals surface area (Å²) in [5, 5.41) is 2.71. The summed E-state index contributed by atoms with van der Waals surface area (Å²) in [7, 11) is 0. The van der Waals surface area contributed by atoms with Crippen molar-refractivity contribution in [1.29, 1.82) is 0 Å². The number of amides is 1. The topological polar surface area (TPSA) is 86.1 Å². The number of fused-ring (bicyclic) bond motifs is 1. The van der Waals surface area contributed by atoms with E-state index in [1.54, 1.807) is 52.8 Å². The molecule has 4 rings (SSSR count). The largest absolute Gasteiger partial charge is 0.462 e. The minimum absolute atomic E-state index is 0.0790. The zero-order valence-electron chi connectivity index (χ0n) is 21.2. The van der Waals surface area contributed by atoms with Crippen molar-refractivity contribution in [3.05, 3.63) is 75.0 Å². The van der Waals surface area contributed by atoms with Crippen LogP contribution in [0.3, 0.4) is 0 Å². The van der Waals surface area contributed by atoms with Crippen molar-refractivity contribution in [2.24, 2.45) is 0 Å². The summed E-state index contributed by atoms with van der Waals surface area (Å²) in [4.78, 5) is 37.4. The van der Waals surface area contributed by atoms with Gasteiger partial charge in [-0.1, -0.05) is 24.3 Å². The predicted molar refractivity (Wildman–Crippen MR) is 135 cm³/mol. The van der Waals surface area contributed by atoms with Crippen molar-refractivity contribution in [1.82, 2.24) is 9.72 Å². The maximum Gasteiger partial charge on any atom is 0.407 e. The summed E-state index contributed by atoms with van der Waals surface area (Å²) < 4.78 is 27.0. The van der Waals surface area contributed by atoms with Gasteiger partial charge in [0, 0.05) is 18.3 Å². The highest BCUT2D eigenvalue weighted by atomic mass is 19.1. The number of esters is 1. The molecular formula is C28H31FN2O5. The first-order chi connectivity index (χ1) is 17.0. The van der Waals surface area contributed by atoms with Crippen LogP contribution in [-0.2, 0) is 16.0 Å². The van der Waals surface area contributed by atoms with Crippen molar-refractivity contribution >= 4 is 17.6 Å². The Morgan fingerprint density at radius 1 is 1.17 bits per heavy atom. The molecule has 1 saturated carbocycles. The number of nitrogens with one attached hydrogen (secondary N) is 1. The first kappa shape index (κ1) is 25.4. The Balaban J connectivity index is 1.71. The third-order valence-electron chi connectivity index (χ3n) is 6.07. The fourth-order valence-electron chi connectivity index (χ4n) is 4.34. The molecule has 2 aromatic heterocycles. The standard InChI is InChI=1S/C28H31FN2O5/c1-6-35-26(33)21-13-20(18-11-12-18)24-16(2)23(22(29)15-31(24)25(21)32)19-9-7-17(8-10-19)14-30-27(34)36-28(3,4)5/h7-10,13,15,18H,6,11-12,14H2,1-5H3,(H,30,34). The average Bonchev–Trinajstić information content (AvgIpc) is 3.63. The van der Waals surface area contributed by atoms with E-state index in [0.717, 1.165) is 30.2 Å². The summed E-state index contributed by atoms with van der Waals surface area (Å²) in [6.07, 6.45) is 2.54. The van der Waals surface area contributed by atoms with E-state index < -0.39 is 29.0 Å². The number of pyridine rings is 2. The number of aryl methyl sites for hydroxylation is 1. The van der Waals surface area contributed by atoms with Gasteiger partial charge < -0.3 is 14.8 Å². The molecule has 3 aromatic rings. The monoisotopic (exact) mass is 494 g/mol. The maximum absolute atomic E-state index is 15.4. The lowest BCUT2D eigenvalue weighted by Gasteiger charge is -2.19. The number of carbonyl (C=O) groups excluding carboxylic acids is 2. The van der Waals surface area contributed by atoms with E-state index in [1.165, 1.54) is 4.40 Å². The number of ether oxygens (including phenoxy) is 2. The molecule has 0 radical (unpaired) electrons. The van der Waals surface area contributed by atoms with Crippen molar-refractivity contribution in [2.75, 3.05) is 6.61 Å². The van der Waals surface area contributed by atoms with Gasteiger partial charge >= 0.3 is 12.1 Å². The Morgan fingerprint density at radius 3 is 2.42 bits per heavy atom. The van der Waals surface area contributed by atoms with Gasteiger partial charge in [-0.2, -0.15) is 0 Å². The molecule has 7 nitrogen and oxygen atoms in total. The van der Waals surface area contributed by atoms with E-state index in [-0.39, 0.29) is 24.6 Å². The minimum atomic E-state index is -0.698. The molecule has 2 heterocycles. The Hall–Kier alpha value is -3.68. The summed E-state index contributed by atoms with van der Waals surface area (Å²) in [5.41, 5.74) is 2.73. The van der Waals surface area contributed by atoms with Crippen molar-refractivity contribution < 1.29 is 23.5 Å². The van der Waals surface area contributed by atoms with E-state index in [2.05, 4.69) is 5.32 Å². The second-order valence-electron chi connectivity index (χ2n) is 10.1. The van der Waals surface area contributed by atoms with Gasteiger partial charge in [-0.3, -0.25) is 9.20 Å². The van der Waals surface area contributed by atoms with Crippen LogP contribution in [-0.4, -0.2) is 28.7 Å². The molecule has 0 saturated heterocycles. The maximum atomic E-state index is 15.4. The van der Waals surface area contributed by atoms with Crippen molar-refractivity contribution in [2.45, 2.75) is 65.5 Å². The van der Waals surface area contributed by atoms with E-state index in [9.17, 15) is 14.4 Å². The predicted octanol–water partition coefficient (Wildman–Crippen LogP) is 5.49. The van der Waals surface area contributed by atoms with Crippen LogP contribution in [0.2, 0.25) is 0 Å². The molecule has 190 valence electrons.